The summed E-state index contributed by atoms with van der Waals surface area (Å²) >= 11 is 0. The van der Waals surface area contributed by atoms with Gasteiger partial charge in [-0.05, 0) is 45.6 Å². The van der Waals surface area contributed by atoms with Crippen molar-refractivity contribution in [2.45, 2.75) is 59.0 Å². The average Bonchev–Trinajstić information content (AvgIpc) is 2.96. The van der Waals surface area contributed by atoms with Gasteiger partial charge in [-0.25, -0.2) is 0 Å². The highest BCUT2D eigenvalue weighted by molar-refractivity contribution is 4.96. The van der Waals surface area contributed by atoms with Gasteiger partial charge in [0, 0.05) is 25.2 Å². The highest BCUT2D eigenvalue weighted by Crippen LogP contribution is 2.47. The third-order valence-corrected chi connectivity index (χ3v) is 4.34. The van der Waals surface area contributed by atoms with Crippen molar-refractivity contribution in [3.63, 3.8) is 0 Å². The quantitative estimate of drug-likeness (QED) is 0.697. The van der Waals surface area contributed by atoms with E-state index in [0.717, 1.165) is 13.1 Å². The predicted octanol–water partition coefficient (Wildman–Crippen LogP) is 2.49. The Labute approximate surface area is 95.4 Å². The van der Waals surface area contributed by atoms with Crippen LogP contribution < -0.4 is 5.32 Å². The van der Waals surface area contributed by atoms with E-state index in [1.54, 1.807) is 0 Å². The zero-order chi connectivity index (χ0) is 11.5. The van der Waals surface area contributed by atoms with Gasteiger partial charge in [-0.1, -0.05) is 13.8 Å². The molecular formula is C13H28N2. The zero-order valence-electron chi connectivity index (χ0n) is 11.1. The molecule has 2 nitrogen and oxygen atoms in total. The van der Waals surface area contributed by atoms with Crippen molar-refractivity contribution in [2.75, 3.05) is 20.1 Å². The molecule has 15 heavy (non-hydrogen) atoms. The van der Waals surface area contributed by atoms with Crippen molar-refractivity contribution in [2.24, 2.45) is 5.41 Å². The summed E-state index contributed by atoms with van der Waals surface area (Å²) in [6.07, 6.45) is 4.05. The van der Waals surface area contributed by atoms with Crippen molar-refractivity contribution in [1.82, 2.24) is 10.2 Å². The van der Waals surface area contributed by atoms with E-state index >= 15 is 0 Å². The molecule has 1 aliphatic rings. The van der Waals surface area contributed by atoms with E-state index in [0.29, 0.717) is 17.5 Å². The molecule has 0 aromatic heterocycles. The van der Waals surface area contributed by atoms with E-state index in [1.807, 2.05) is 0 Å². The number of nitrogens with one attached hydrogen (secondary N) is 1. The molecule has 2 unspecified atom stereocenters. The summed E-state index contributed by atoms with van der Waals surface area (Å²) in [5.74, 6) is 0. The fraction of sp³-hybridized carbons (Fsp3) is 1.00. The minimum absolute atomic E-state index is 0.606. The summed E-state index contributed by atoms with van der Waals surface area (Å²) in [6.45, 7) is 11.6. The summed E-state index contributed by atoms with van der Waals surface area (Å²) in [6, 6.07) is 1.39. The normalized spacial score (nSPS) is 22.8. The number of likely N-dealkylation sites (N-methyl/N-ethyl adjacent to an activating group) is 1. The summed E-state index contributed by atoms with van der Waals surface area (Å²) in [5.41, 5.74) is 0.606. The summed E-state index contributed by atoms with van der Waals surface area (Å²) in [5, 5.41) is 3.65. The van der Waals surface area contributed by atoms with Gasteiger partial charge in [0.1, 0.15) is 0 Å². The second-order valence-corrected chi connectivity index (χ2v) is 5.57. The molecule has 0 amide bonds. The molecule has 2 heteroatoms. The molecule has 0 aliphatic heterocycles. The highest BCUT2D eigenvalue weighted by Gasteiger charge is 2.41. The molecule has 0 spiro atoms. The Morgan fingerprint density at radius 3 is 2.40 bits per heavy atom. The molecule has 1 aliphatic carbocycles. The molecule has 0 bridgehead atoms. The molecule has 0 aromatic rings. The second kappa shape index (κ2) is 5.31. The van der Waals surface area contributed by atoms with Crippen LogP contribution in [0.25, 0.3) is 0 Å². The van der Waals surface area contributed by atoms with Crippen LogP contribution in [0.4, 0.5) is 0 Å². The van der Waals surface area contributed by atoms with E-state index in [4.69, 9.17) is 0 Å². The summed E-state index contributed by atoms with van der Waals surface area (Å²) in [4.78, 5) is 2.44. The number of hydrogen-bond donors (Lipinski definition) is 1. The van der Waals surface area contributed by atoms with Gasteiger partial charge >= 0.3 is 0 Å². The monoisotopic (exact) mass is 212 g/mol. The minimum Gasteiger partial charge on any atom is -0.312 e. The molecule has 1 fully saturated rings. The Morgan fingerprint density at radius 1 is 1.33 bits per heavy atom. The summed E-state index contributed by atoms with van der Waals surface area (Å²) in [7, 11) is 2.22. The van der Waals surface area contributed by atoms with Crippen LogP contribution in [0, 0.1) is 5.41 Å². The van der Waals surface area contributed by atoms with E-state index in [9.17, 15) is 0 Å². The standard InChI is InChI=1S/C13H28N2/c1-6-11(2)15(5)10-9-14-12(3)13(4)7-8-13/h11-12,14H,6-10H2,1-5H3. The molecule has 90 valence electrons. The van der Waals surface area contributed by atoms with Crippen LogP contribution in [0.15, 0.2) is 0 Å². The predicted molar refractivity (Wildman–Crippen MR) is 67.2 cm³/mol. The van der Waals surface area contributed by atoms with Crippen LogP contribution in [0.3, 0.4) is 0 Å². The number of nitrogens with zero attached hydrogens (tertiary/aromatic N) is 1. The molecule has 0 saturated heterocycles. The first kappa shape index (κ1) is 13.0. The topological polar surface area (TPSA) is 15.3 Å². The van der Waals surface area contributed by atoms with Gasteiger partial charge in [-0.15, -0.1) is 0 Å². The lowest BCUT2D eigenvalue weighted by molar-refractivity contribution is 0.242. The maximum absolute atomic E-state index is 3.65. The third kappa shape index (κ3) is 3.76. The highest BCUT2D eigenvalue weighted by atomic mass is 15.1. The lowest BCUT2D eigenvalue weighted by Crippen LogP contribution is -2.40. The largest absolute Gasteiger partial charge is 0.312 e. The van der Waals surface area contributed by atoms with Gasteiger partial charge in [0.15, 0.2) is 0 Å². The fourth-order valence-electron chi connectivity index (χ4n) is 1.87. The summed E-state index contributed by atoms with van der Waals surface area (Å²) < 4.78 is 0. The Morgan fingerprint density at radius 2 is 1.93 bits per heavy atom. The second-order valence-electron chi connectivity index (χ2n) is 5.57. The Hall–Kier alpha value is -0.0800. The van der Waals surface area contributed by atoms with Gasteiger partial charge in [0.05, 0.1) is 0 Å². The van der Waals surface area contributed by atoms with Crippen LogP contribution in [-0.2, 0) is 0 Å². The molecule has 2 atom stereocenters. The first-order valence-electron chi connectivity index (χ1n) is 6.43. The van der Waals surface area contributed by atoms with Crippen molar-refractivity contribution in [3.05, 3.63) is 0 Å². The van der Waals surface area contributed by atoms with Crippen LogP contribution in [0.2, 0.25) is 0 Å². The van der Waals surface area contributed by atoms with Crippen LogP contribution >= 0.6 is 0 Å². The lowest BCUT2D eigenvalue weighted by Gasteiger charge is -2.26. The van der Waals surface area contributed by atoms with E-state index in [1.165, 1.54) is 19.3 Å². The molecule has 0 heterocycles. The first-order chi connectivity index (χ1) is 6.99. The molecule has 1 N–H and O–H groups in total. The van der Waals surface area contributed by atoms with Crippen molar-refractivity contribution in [1.29, 1.82) is 0 Å². The van der Waals surface area contributed by atoms with Gasteiger partial charge in [-0.3, -0.25) is 0 Å². The zero-order valence-corrected chi connectivity index (χ0v) is 11.1. The van der Waals surface area contributed by atoms with Crippen molar-refractivity contribution in [3.8, 4) is 0 Å². The molecular weight excluding hydrogens is 184 g/mol. The Bertz CT molecular complexity index is 187. The Balaban J connectivity index is 2.10. The van der Waals surface area contributed by atoms with E-state index < -0.39 is 0 Å². The van der Waals surface area contributed by atoms with Crippen molar-refractivity contribution >= 4 is 0 Å². The molecule has 1 rings (SSSR count). The van der Waals surface area contributed by atoms with Gasteiger partial charge in [0.2, 0.25) is 0 Å². The third-order valence-electron chi connectivity index (χ3n) is 4.34. The van der Waals surface area contributed by atoms with Gasteiger partial charge in [0.25, 0.3) is 0 Å². The minimum atomic E-state index is 0.606. The van der Waals surface area contributed by atoms with E-state index in [2.05, 4.69) is 45.0 Å². The molecule has 0 radical (unpaired) electrons. The first-order valence-corrected chi connectivity index (χ1v) is 6.43. The molecule has 0 aromatic carbocycles. The smallest absolute Gasteiger partial charge is 0.0107 e. The fourth-order valence-corrected chi connectivity index (χ4v) is 1.87. The average molecular weight is 212 g/mol. The van der Waals surface area contributed by atoms with Crippen molar-refractivity contribution < 1.29 is 0 Å². The maximum atomic E-state index is 3.65. The van der Waals surface area contributed by atoms with Gasteiger partial charge in [-0.2, -0.15) is 0 Å². The number of hydrogen-bond acceptors (Lipinski definition) is 2. The van der Waals surface area contributed by atoms with Crippen LogP contribution in [0.1, 0.15) is 47.0 Å². The SMILES string of the molecule is CCC(C)N(C)CCNC(C)C1(C)CC1. The lowest BCUT2D eigenvalue weighted by atomic mass is 10.0. The van der Waals surface area contributed by atoms with E-state index in [-0.39, 0.29) is 0 Å². The van der Waals surface area contributed by atoms with Crippen LogP contribution in [-0.4, -0.2) is 37.1 Å². The maximum Gasteiger partial charge on any atom is 0.0107 e. The number of rotatable bonds is 7. The van der Waals surface area contributed by atoms with Crippen LogP contribution in [0.5, 0.6) is 0 Å². The molecule has 1 saturated carbocycles. The Kier molecular flexibility index (Phi) is 4.60. The van der Waals surface area contributed by atoms with Gasteiger partial charge < -0.3 is 10.2 Å².